The highest BCUT2D eigenvalue weighted by atomic mass is 79.9. The first-order valence-electron chi connectivity index (χ1n) is 8.38. The van der Waals surface area contributed by atoms with Gasteiger partial charge >= 0.3 is 0 Å². The van der Waals surface area contributed by atoms with Crippen LogP contribution >= 0.6 is 27.7 Å². The molecule has 0 bridgehead atoms. The summed E-state index contributed by atoms with van der Waals surface area (Å²) in [5.41, 5.74) is 0.795. The van der Waals surface area contributed by atoms with Crippen LogP contribution in [0.25, 0.3) is 6.08 Å². The molecule has 28 heavy (non-hydrogen) atoms. The smallest absolute Gasteiger partial charge is 0.293 e. The van der Waals surface area contributed by atoms with E-state index >= 15 is 0 Å². The molecule has 3 rings (SSSR count). The summed E-state index contributed by atoms with van der Waals surface area (Å²) >= 11 is 4.33. The van der Waals surface area contributed by atoms with Crippen molar-refractivity contribution in [2.45, 2.75) is 0 Å². The lowest BCUT2D eigenvalue weighted by atomic mass is 10.2. The molecule has 0 unspecified atom stereocenters. The third-order valence-corrected chi connectivity index (χ3v) is 5.52. The molecule has 1 fully saturated rings. The number of rotatable bonds is 7. The molecule has 0 aromatic heterocycles. The van der Waals surface area contributed by atoms with Crippen LogP contribution in [0.1, 0.15) is 5.56 Å². The molecule has 2 amide bonds. The molecule has 0 saturated carbocycles. The molecule has 0 radical (unpaired) electrons. The van der Waals surface area contributed by atoms with Gasteiger partial charge in [-0.3, -0.25) is 14.5 Å². The molecular weight excluding hydrogens is 446 g/mol. The molecule has 2 aromatic rings. The number of halogens is 1. The summed E-state index contributed by atoms with van der Waals surface area (Å²) in [6.07, 6.45) is 1.69. The van der Waals surface area contributed by atoms with E-state index in [9.17, 15) is 9.59 Å². The molecule has 2 aromatic carbocycles. The number of hydrogen-bond donors (Lipinski definition) is 0. The molecular formula is C20H18BrNO5S. The molecule has 0 atom stereocenters. The first kappa shape index (κ1) is 20.3. The predicted molar refractivity (Wildman–Crippen MR) is 112 cm³/mol. The van der Waals surface area contributed by atoms with Gasteiger partial charge < -0.3 is 14.2 Å². The maximum absolute atomic E-state index is 12.6. The highest BCUT2D eigenvalue weighted by molar-refractivity contribution is 9.10. The standard InChI is InChI=1S/C20H18BrNO5S/c1-25-15-8-7-13(11-14(15)21)12-18-19(23)22(20(24)28-18)9-10-27-17-6-4-3-5-16(17)26-2/h3-8,11-12H,9-10H2,1-2H3/b18-12-. The van der Waals surface area contributed by atoms with E-state index in [-0.39, 0.29) is 24.3 Å². The first-order valence-corrected chi connectivity index (χ1v) is 9.99. The summed E-state index contributed by atoms with van der Waals surface area (Å²) in [6, 6.07) is 12.7. The summed E-state index contributed by atoms with van der Waals surface area (Å²) in [5, 5.41) is -0.313. The average molecular weight is 464 g/mol. The van der Waals surface area contributed by atoms with E-state index in [0.717, 1.165) is 21.8 Å². The van der Waals surface area contributed by atoms with E-state index in [1.165, 1.54) is 4.90 Å². The minimum Gasteiger partial charge on any atom is -0.496 e. The summed E-state index contributed by atoms with van der Waals surface area (Å²) < 4.78 is 16.9. The van der Waals surface area contributed by atoms with Gasteiger partial charge in [0.25, 0.3) is 11.1 Å². The van der Waals surface area contributed by atoms with E-state index in [4.69, 9.17) is 14.2 Å². The Morgan fingerprint density at radius 2 is 1.75 bits per heavy atom. The van der Waals surface area contributed by atoms with Gasteiger partial charge in [0.05, 0.1) is 30.1 Å². The second kappa shape index (κ2) is 9.16. The maximum atomic E-state index is 12.6. The van der Waals surface area contributed by atoms with Gasteiger partial charge in [-0.05, 0) is 63.6 Å². The van der Waals surface area contributed by atoms with E-state index in [1.807, 2.05) is 24.3 Å². The topological polar surface area (TPSA) is 65.1 Å². The second-order valence-corrected chi connectivity index (χ2v) is 7.57. The number of carbonyl (C=O) groups is 2. The van der Waals surface area contributed by atoms with Gasteiger partial charge in [0, 0.05) is 0 Å². The van der Waals surface area contributed by atoms with Crippen LogP contribution in [0.4, 0.5) is 4.79 Å². The fraction of sp³-hybridized carbons (Fsp3) is 0.200. The Labute approximate surface area is 175 Å². The summed E-state index contributed by atoms with van der Waals surface area (Å²) in [4.78, 5) is 26.4. The van der Waals surface area contributed by atoms with Crippen molar-refractivity contribution in [2.75, 3.05) is 27.4 Å². The van der Waals surface area contributed by atoms with E-state index in [2.05, 4.69) is 15.9 Å². The van der Waals surface area contributed by atoms with E-state index in [0.29, 0.717) is 22.2 Å². The van der Waals surface area contributed by atoms with Gasteiger partial charge in [-0.2, -0.15) is 0 Å². The summed E-state index contributed by atoms with van der Waals surface area (Å²) in [6.45, 7) is 0.339. The molecule has 8 heteroatoms. The molecule has 146 valence electrons. The van der Waals surface area contributed by atoms with E-state index in [1.54, 1.807) is 38.5 Å². The number of hydrogen-bond acceptors (Lipinski definition) is 6. The molecule has 0 N–H and O–H groups in total. The normalized spacial score (nSPS) is 15.2. The zero-order chi connectivity index (χ0) is 20.1. The minimum absolute atomic E-state index is 0.159. The third kappa shape index (κ3) is 4.51. The number of nitrogens with zero attached hydrogens (tertiary/aromatic N) is 1. The summed E-state index contributed by atoms with van der Waals surface area (Å²) in [5.74, 6) is 1.53. The van der Waals surface area contributed by atoms with Crippen molar-refractivity contribution in [3.8, 4) is 17.2 Å². The summed E-state index contributed by atoms with van der Waals surface area (Å²) in [7, 11) is 3.14. The number of methoxy groups -OCH3 is 2. The van der Waals surface area contributed by atoms with Crippen molar-refractivity contribution in [2.24, 2.45) is 0 Å². The lowest BCUT2D eigenvalue weighted by Gasteiger charge is -2.14. The van der Waals surface area contributed by atoms with Crippen LogP contribution in [0.5, 0.6) is 17.2 Å². The molecule has 1 heterocycles. The molecule has 0 spiro atoms. The number of carbonyl (C=O) groups excluding carboxylic acids is 2. The molecule has 6 nitrogen and oxygen atoms in total. The van der Waals surface area contributed by atoms with Crippen molar-refractivity contribution in [3.63, 3.8) is 0 Å². The predicted octanol–water partition coefficient (Wildman–Crippen LogP) is 4.58. The number of benzene rings is 2. The Bertz CT molecular complexity index is 931. The van der Waals surface area contributed by atoms with Gasteiger partial charge in [-0.25, -0.2) is 0 Å². The van der Waals surface area contributed by atoms with Crippen molar-refractivity contribution in [1.29, 1.82) is 0 Å². The average Bonchev–Trinajstić information content (AvgIpc) is 2.96. The minimum atomic E-state index is -0.328. The van der Waals surface area contributed by atoms with Gasteiger partial charge in [0.15, 0.2) is 11.5 Å². The van der Waals surface area contributed by atoms with Crippen molar-refractivity contribution in [3.05, 3.63) is 57.4 Å². The number of imide groups is 1. The molecule has 1 aliphatic heterocycles. The van der Waals surface area contributed by atoms with Gasteiger partial charge in [0.2, 0.25) is 0 Å². The fourth-order valence-electron chi connectivity index (χ4n) is 2.60. The second-order valence-electron chi connectivity index (χ2n) is 5.73. The highest BCUT2D eigenvalue weighted by Crippen LogP contribution is 2.34. The Morgan fingerprint density at radius 3 is 2.43 bits per heavy atom. The zero-order valence-electron chi connectivity index (χ0n) is 15.3. The van der Waals surface area contributed by atoms with E-state index < -0.39 is 0 Å². The quantitative estimate of drug-likeness (QED) is 0.559. The van der Waals surface area contributed by atoms with Crippen LogP contribution in [-0.4, -0.2) is 43.4 Å². The number of para-hydroxylation sites is 2. The number of thioether (sulfide) groups is 1. The lowest BCUT2D eigenvalue weighted by molar-refractivity contribution is -0.123. The van der Waals surface area contributed by atoms with Gasteiger partial charge in [-0.15, -0.1) is 0 Å². The van der Waals surface area contributed by atoms with Crippen molar-refractivity contribution in [1.82, 2.24) is 4.90 Å². The monoisotopic (exact) mass is 463 g/mol. The van der Waals surface area contributed by atoms with Gasteiger partial charge in [-0.1, -0.05) is 18.2 Å². The zero-order valence-corrected chi connectivity index (χ0v) is 17.7. The van der Waals surface area contributed by atoms with Crippen LogP contribution < -0.4 is 14.2 Å². The van der Waals surface area contributed by atoms with Crippen molar-refractivity contribution < 1.29 is 23.8 Å². The van der Waals surface area contributed by atoms with Crippen LogP contribution in [-0.2, 0) is 4.79 Å². The Balaban J connectivity index is 1.65. The Morgan fingerprint density at radius 1 is 1.04 bits per heavy atom. The van der Waals surface area contributed by atoms with Crippen LogP contribution in [0.15, 0.2) is 51.8 Å². The Kier molecular flexibility index (Phi) is 6.64. The molecule has 1 aliphatic rings. The first-order chi connectivity index (χ1) is 13.5. The van der Waals surface area contributed by atoms with Crippen molar-refractivity contribution >= 4 is 44.9 Å². The van der Waals surface area contributed by atoms with Crippen LogP contribution in [0.3, 0.4) is 0 Å². The third-order valence-electron chi connectivity index (χ3n) is 3.99. The molecule has 0 aliphatic carbocycles. The lowest BCUT2D eigenvalue weighted by Crippen LogP contribution is -2.32. The number of ether oxygens (including phenoxy) is 3. The largest absolute Gasteiger partial charge is 0.496 e. The molecule has 1 saturated heterocycles. The maximum Gasteiger partial charge on any atom is 0.293 e. The number of amides is 2. The van der Waals surface area contributed by atoms with Crippen LogP contribution in [0.2, 0.25) is 0 Å². The Hall–Kier alpha value is -2.45. The SMILES string of the molecule is COc1ccc(/C=C2\SC(=O)N(CCOc3ccccc3OC)C2=O)cc1Br. The van der Waals surface area contributed by atoms with Crippen LogP contribution in [0, 0.1) is 0 Å². The highest BCUT2D eigenvalue weighted by Gasteiger charge is 2.34. The van der Waals surface area contributed by atoms with Gasteiger partial charge in [0.1, 0.15) is 12.4 Å². The fourth-order valence-corrected chi connectivity index (χ4v) is 4.02.